The van der Waals surface area contributed by atoms with Gasteiger partial charge in [0.1, 0.15) is 5.82 Å². The van der Waals surface area contributed by atoms with E-state index in [1.165, 1.54) is 24.3 Å². The summed E-state index contributed by atoms with van der Waals surface area (Å²) in [6, 6.07) is 9.60. The Morgan fingerprint density at radius 1 is 1.15 bits per heavy atom. The standard InChI is InChI=1S/C24H21F4N3O2S/c25-21-9-18-15(11-30-34(32,33)16-5-6-16)12-31(14-23(13-29)7-8-23)22(18)10-19(21)17-3-1-2-4-20(17)24(26,27)28/h1-4,9-10,12,16,30H,5-8,11,14H2. The predicted molar refractivity (Wildman–Crippen MR) is 118 cm³/mol. The summed E-state index contributed by atoms with van der Waals surface area (Å²) in [6.07, 6.45) is -0.423. The highest BCUT2D eigenvalue weighted by molar-refractivity contribution is 7.90. The molecule has 0 aliphatic heterocycles. The number of hydrogen-bond acceptors (Lipinski definition) is 3. The van der Waals surface area contributed by atoms with E-state index in [1.807, 2.05) is 0 Å². The summed E-state index contributed by atoms with van der Waals surface area (Å²) in [6.45, 7) is 0.223. The average molecular weight is 492 g/mol. The summed E-state index contributed by atoms with van der Waals surface area (Å²) in [7, 11) is -3.49. The van der Waals surface area contributed by atoms with E-state index in [9.17, 15) is 26.9 Å². The summed E-state index contributed by atoms with van der Waals surface area (Å²) in [5.41, 5.74) is -1.04. The van der Waals surface area contributed by atoms with Crippen LogP contribution in [0, 0.1) is 22.6 Å². The van der Waals surface area contributed by atoms with Crippen molar-refractivity contribution in [2.75, 3.05) is 0 Å². The molecule has 2 fully saturated rings. The number of fused-ring (bicyclic) bond motifs is 1. The van der Waals surface area contributed by atoms with Crippen molar-refractivity contribution in [1.82, 2.24) is 9.29 Å². The minimum absolute atomic E-state index is 0.0696. The molecule has 1 aromatic heterocycles. The molecule has 1 heterocycles. The molecule has 0 unspecified atom stereocenters. The van der Waals surface area contributed by atoms with Crippen molar-refractivity contribution in [1.29, 1.82) is 5.26 Å². The minimum Gasteiger partial charge on any atom is -0.346 e. The third-order valence-corrected chi connectivity index (χ3v) is 8.46. The van der Waals surface area contributed by atoms with Crippen LogP contribution >= 0.6 is 0 Å². The molecule has 3 aromatic rings. The number of benzene rings is 2. The van der Waals surface area contributed by atoms with E-state index in [1.54, 1.807) is 10.8 Å². The topological polar surface area (TPSA) is 74.9 Å². The summed E-state index contributed by atoms with van der Waals surface area (Å²) < 4.78 is 84.9. The highest BCUT2D eigenvalue weighted by atomic mass is 32.2. The lowest BCUT2D eigenvalue weighted by molar-refractivity contribution is -0.137. The van der Waals surface area contributed by atoms with Gasteiger partial charge in [0.25, 0.3) is 0 Å². The third kappa shape index (κ3) is 4.18. The van der Waals surface area contributed by atoms with Crippen LogP contribution in [0.2, 0.25) is 0 Å². The molecule has 0 bridgehead atoms. The lowest BCUT2D eigenvalue weighted by atomic mass is 9.97. The quantitative estimate of drug-likeness (QED) is 0.453. The molecule has 0 spiro atoms. The van der Waals surface area contributed by atoms with Crippen LogP contribution in [0.5, 0.6) is 0 Å². The average Bonchev–Trinajstić information content (AvgIpc) is 3.70. The Balaban J connectivity index is 1.62. The predicted octanol–water partition coefficient (Wildman–Crippen LogP) is 5.35. The van der Waals surface area contributed by atoms with Gasteiger partial charge in [-0.1, -0.05) is 18.2 Å². The molecule has 10 heteroatoms. The Kier molecular flexibility index (Phi) is 5.26. The van der Waals surface area contributed by atoms with Crippen LogP contribution in [0.1, 0.15) is 36.8 Å². The second-order valence-corrected chi connectivity index (χ2v) is 11.2. The fourth-order valence-electron chi connectivity index (χ4n) is 4.28. The SMILES string of the molecule is N#CC1(Cn2cc(CNS(=O)(=O)C3CC3)c3cc(F)c(-c4ccccc4C(F)(F)F)cc32)CC1. The molecule has 5 nitrogen and oxygen atoms in total. The molecule has 0 saturated heterocycles. The molecule has 2 aromatic carbocycles. The first-order chi connectivity index (χ1) is 16.0. The fourth-order valence-corrected chi connectivity index (χ4v) is 5.63. The van der Waals surface area contributed by atoms with E-state index in [0.29, 0.717) is 48.7 Å². The van der Waals surface area contributed by atoms with E-state index in [4.69, 9.17) is 0 Å². The van der Waals surface area contributed by atoms with Gasteiger partial charge >= 0.3 is 6.18 Å². The van der Waals surface area contributed by atoms with Crippen molar-refractivity contribution in [2.45, 2.75) is 50.2 Å². The van der Waals surface area contributed by atoms with E-state index >= 15 is 4.39 Å². The van der Waals surface area contributed by atoms with Crippen molar-refractivity contribution in [3.05, 3.63) is 59.5 Å². The highest BCUT2D eigenvalue weighted by Gasteiger charge is 2.44. The van der Waals surface area contributed by atoms with E-state index in [-0.39, 0.29) is 17.7 Å². The first-order valence-electron chi connectivity index (χ1n) is 10.9. The number of rotatable bonds is 7. The Morgan fingerprint density at radius 3 is 2.47 bits per heavy atom. The number of nitriles is 1. The molecular weight excluding hydrogens is 470 g/mol. The van der Waals surface area contributed by atoms with Crippen LogP contribution in [0.4, 0.5) is 17.6 Å². The van der Waals surface area contributed by atoms with Gasteiger partial charge in [-0.2, -0.15) is 18.4 Å². The number of halogens is 4. The van der Waals surface area contributed by atoms with Gasteiger partial charge in [0.15, 0.2) is 0 Å². The summed E-state index contributed by atoms with van der Waals surface area (Å²) in [5, 5.41) is 9.52. The van der Waals surface area contributed by atoms with Gasteiger partial charge in [0.05, 0.1) is 22.3 Å². The summed E-state index contributed by atoms with van der Waals surface area (Å²) in [5.74, 6) is -0.838. The van der Waals surface area contributed by atoms with Gasteiger partial charge in [-0.25, -0.2) is 17.5 Å². The van der Waals surface area contributed by atoms with Crippen molar-refractivity contribution < 1.29 is 26.0 Å². The van der Waals surface area contributed by atoms with E-state index < -0.39 is 38.2 Å². The van der Waals surface area contributed by atoms with Crippen molar-refractivity contribution in [3.8, 4) is 17.2 Å². The van der Waals surface area contributed by atoms with Crippen molar-refractivity contribution in [2.24, 2.45) is 5.41 Å². The summed E-state index contributed by atoms with van der Waals surface area (Å²) >= 11 is 0. The zero-order valence-electron chi connectivity index (χ0n) is 18.0. The zero-order chi connectivity index (χ0) is 24.3. The van der Waals surface area contributed by atoms with Gasteiger partial charge in [-0.15, -0.1) is 0 Å². The zero-order valence-corrected chi connectivity index (χ0v) is 18.8. The molecule has 0 amide bonds. The molecule has 178 valence electrons. The first kappa shape index (κ1) is 22.9. The molecular formula is C24H21F4N3O2S. The highest BCUT2D eigenvalue weighted by Crippen LogP contribution is 2.47. The normalized spacial score (nSPS) is 17.6. The molecule has 1 N–H and O–H groups in total. The Morgan fingerprint density at radius 2 is 1.85 bits per heavy atom. The number of sulfonamides is 1. The summed E-state index contributed by atoms with van der Waals surface area (Å²) in [4.78, 5) is 0. The number of nitrogens with zero attached hydrogens (tertiary/aromatic N) is 2. The van der Waals surface area contributed by atoms with Gasteiger partial charge in [0.2, 0.25) is 10.0 Å². The Hall–Kier alpha value is -2.90. The monoisotopic (exact) mass is 491 g/mol. The van der Waals surface area contributed by atoms with Crippen LogP contribution < -0.4 is 4.72 Å². The minimum atomic E-state index is -4.66. The number of alkyl halides is 3. The van der Waals surface area contributed by atoms with Crippen molar-refractivity contribution in [3.63, 3.8) is 0 Å². The number of aromatic nitrogens is 1. The van der Waals surface area contributed by atoms with E-state index in [0.717, 1.165) is 12.1 Å². The molecule has 5 rings (SSSR count). The Bertz CT molecular complexity index is 1430. The van der Waals surface area contributed by atoms with Gasteiger partial charge in [-0.3, -0.25) is 0 Å². The van der Waals surface area contributed by atoms with E-state index in [2.05, 4.69) is 10.8 Å². The maximum Gasteiger partial charge on any atom is 0.417 e. The van der Waals surface area contributed by atoms with Crippen molar-refractivity contribution >= 4 is 20.9 Å². The lowest BCUT2D eigenvalue weighted by Crippen LogP contribution is -2.26. The maximum atomic E-state index is 15.2. The second kappa shape index (κ2) is 7.82. The molecule has 2 aliphatic carbocycles. The second-order valence-electron chi connectivity index (χ2n) is 9.13. The van der Waals surface area contributed by atoms with Crippen LogP contribution in [0.3, 0.4) is 0 Å². The van der Waals surface area contributed by atoms with Gasteiger partial charge < -0.3 is 4.57 Å². The Labute approximate surface area is 194 Å². The van der Waals surface area contributed by atoms with Gasteiger partial charge in [0, 0.05) is 35.8 Å². The van der Waals surface area contributed by atoms with Crippen LogP contribution in [-0.2, 0) is 29.3 Å². The fraction of sp³-hybridized carbons (Fsp3) is 0.375. The third-order valence-electron chi connectivity index (χ3n) is 6.57. The van der Waals surface area contributed by atoms with Crippen LogP contribution in [-0.4, -0.2) is 18.2 Å². The van der Waals surface area contributed by atoms with Crippen LogP contribution in [0.25, 0.3) is 22.0 Å². The lowest BCUT2D eigenvalue weighted by Gasteiger charge is -2.15. The molecule has 2 saturated carbocycles. The molecule has 34 heavy (non-hydrogen) atoms. The first-order valence-corrected chi connectivity index (χ1v) is 12.5. The molecule has 2 aliphatic rings. The largest absolute Gasteiger partial charge is 0.417 e. The smallest absolute Gasteiger partial charge is 0.346 e. The van der Waals surface area contributed by atoms with Gasteiger partial charge in [-0.05, 0) is 55.0 Å². The maximum absolute atomic E-state index is 15.2. The number of hydrogen-bond donors (Lipinski definition) is 1. The van der Waals surface area contributed by atoms with Crippen LogP contribution in [0.15, 0.2) is 42.6 Å². The molecule has 0 atom stereocenters. The molecule has 0 radical (unpaired) electrons. The number of nitrogens with one attached hydrogen (secondary N) is 1.